The van der Waals surface area contributed by atoms with E-state index in [-0.39, 0.29) is 29.9 Å². The lowest BCUT2D eigenvalue weighted by Crippen LogP contribution is -2.53. The number of nitrogens with zero attached hydrogens (tertiary/aromatic N) is 1. The van der Waals surface area contributed by atoms with Gasteiger partial charge in [-0.2, -0.15) is 0 Å². The maximum Gasteiger partial charge on any atom is 0.321 e. The number of piperidine rings is 1. The van der Waals surface area contributed by atoms with Crippen LogP contribution in [0.2, 0.25) is 0 Å². The van der Waals surface area contributed by atoms with E-state index in [0.717, 1.165) is 58.2 Å². The minimum atomic E-state index is -0.394. The number of carbonyl (C=O) groups is 3. The quantitative estimate of drug-likeness (QED) is 0.528. The van der Waals surface area contributed by atoms with E-state index in [9.17, 15) is 14.4 Å². The molecule has 0 radical (unpaired) electrons. The molecule has 3 unspecified atom stereocenters. The summed E-state index contributed by atoms with van der Waals surface area (Å²) in [7, 11) is 0. The van der Waals surface area contributed by atoms with E-state index in [4.69, 9.17) is 0 Å². The predicted molar refractivity (Wildman–Crippen MR) is 97.5 cm³/mol. The largest absolute Gasteiger partial charge is 0.354 e. The molecule has 0 aromatic heterocycles. The molecule has 8 nitrogen and oxygen atoms in total. The summed E-state index contributed by atoms with van der Waals surface area (Å²) in [5.74, 6) is 0.162. The van der Waals surface area contributed by atoms with E-state index in [1.165, 1.54) is 0 Å². The van der Waals surface area contributed by atoms with Crippen molar-refractivity contribution in [2.45, 2.75) is 63.6 Å². The van der Waals surface area contributed by atoms with Gasteiger partial charge in [0.1, 0.15) is 0 Å². The molecule has 2 saturated heterocycles. The summed E-state index contributed by atoms with van der Waals surface area (Å²) in [4.78, 5) is 38.3. The Morgan fingerprint density at radius 2 is 1.96 bits per heavy atom. The number of hydrogen-bond acceptors (Lipinski definition) is 5. The average Bonchev–Trinajstić information content (AvgIpc) is 3.27. The highest BCUT2D eigenvalue weighted by Gasteiger charge is 2.30. The zero-order valence-corrected chi connectivity index (χ0v) is 15.6. The highest BCUT2D eigenvalue weighted by molar-refractivity contribution is 5.97. The zero-order chi connectivity index (χ0) is 18.5. The summed E-state index contributed by atoms with van der Waals surface area (Å²) >= 11 is 0. The van der Waals surface area contributed by atoms with Gasteiger partial charge >= 0.3 is 6.03 Å². The molecule has 26 heavy (non-hydrogen) atoms. The van der Waals surface area contributed by atoms with Gasteiger partial charge in [0, 0.05) is 19.1 Å². The molecule has 3 aliphatic rings. The van der Waals surface area contributed by atoms with Gasteiger partial charge in [0.25, 0.3) is 0 Å². The lowest BCUT2D eigenvalue weighted by atomic mass is 9.96. The van der Waals surface area contributed by atoms with E-state index >= 15 is 0 Å². The molecular formula is C18H31N5O3. The van der Waals surface area contributed by atoms with Gasteiger partial charge in [-0.3, -0.25) is 19.8 Å². The minimum absolute atomic E-state index is 0.0515. The minimum Gasteiger partial charge on any atom is -0.354 e. The fraction of sp³-hybridized carbons (Fsp3) is 0.833. The van der Waals surface area contributed by atoms with Crippen molar-refractivity contribution in [3.63, 3.8) is 0 Å². The van der Waals surface area contributed by atoms with Crippen LogP contribution in [0.5, 0.6) is 0 Å². The molecule has 8 heteroatoms. The summed E-state index contributed by atoms with van der Waals surface area (Å²) in [6, 6.07) is -0.566. The normalized spacial score (nSPS) is 27.6. The van der Waals surface area contributed by atoms with Crippen LogP contribution in [0, 0.1) is 5.92 Å². The topological polar surface area (TPSA) is 103 Å². The number of nitrogens with one attached hydrogen (secondary N) is 4. The van der Waals surface area contributed by atoms with Crippen LogP contribution < -0.4 is 21.3 Å². The molecule has 0 aromatic rings. The van der Waals surface area contributed by atoms with Gasteiger partial charge in [-0.05, 0) is 64.5 Å². The second kappa shape index (κ2) is 8.81. The lowest BCUT2D eigenvalue weighted by Gasteiger charge is -2.36. The predicted octanol–water partition coefficient (Wildman–Crippen LogP) is -0.0567. The van der Waals surface area contributed by atoms with Crippen LogP contribution in [0.25, 0.3) is 0 Å². The third-order valence-electron chi connectivity index (χ3n) is 5.57. The number of amides is 4. The molecular weight excluding hydrogens is 334 g/mol. The Balaban J connectivity index is 1.40. The summed E-state index contributed by atoms with van der Waals surface area (Å²) < 4.78 is 0. The first-order chi connectivity index (χ1) is 12.5. The first-order valence-corrected chi connectivity index (χ1v) is 9.89. The van der Waals surface area contributed by atoms with E-state index in [2.05, 4.69) is 26.2 Å². The van der Waals surface area contributed by atoms with Crippen molar-refractivity contribution >= 4 is 17.8 Å². The lowest BCUT2D eigenvalue weighted by molar-refractivity contribution is -0.126. The van der Waals surface area contributed by atoms with Crippen LogP contribution in [0.15, 0.2) is 0 Å². The van der Waals surface area contributed by atoms with Crippen LogP contribution in [-0.4, -0.2) is 67.0 Å². The molecule has 3 atom stereocenters. The molecule has 1 saturated carbocycles. The highest BCUT2D eigenvalue weighted by atomic mass is 16.2. The van der Waals surface area contributed by atoms with E-state index < -0.39 is 6.03 Å². The molecule has 4 N–H and O–H groups in total. The molecule has 0 aromatic carbocycles. The Morgan fingerprint density at radius 1 is 1.15 bits per heavy atom. The maximum absolute atomic E-state index is 12.3. The van der Waals surface area contributed by atoms with Crippen molar-refractivity contribution in [1.82, 2.24) is 26.2 Å². The van der Waals surface area contributed by atoms with Gasteiger partial charge in [-0.25, -0.2) is 4.79 Å². The van der Waals surface area contributed by atoms with E-state index in [0.29, 0.717) is 12.5 Å². The Kier molecular flexibility index (Phi) is 6.48. The van der Waals surface area contributed by atoms with Gasteiger partial charge < -0.3 is 16.0 Å². The van der Waals surface area contributed by atoms with Crippen molar-refractivity contribution in [3.05, 3.63) is 0 Å². The molecule has 0 bridgehead atoms. The molecule has 1 aliphatic carbocycles. The standard InChI is InChI=1S/C18H31N5O3/c1-12(16(24)22-18(26)21-14-6-7-14)23-9-3-4-13(11-23)10-20-17(25)15-5-2-8-19-15/h12-15,19H,2-11H2,1H3,(H,20,25)(H2,21,22,24,26). The Bertz CT molecular complexity index is 531. The summed E-state index contributed by atoms with van der Waals surface area (Å²) in [6.45, 7) is 4.99. The molecule has 2 aliphatic heterocycles. The Labute approximate surface area is 154 Å². The van der Waals surface area contributed by atoms with Crippen LogP contribution in [0.3, 0.4) is 0 Å². The Morgan fingerprint density at radius 3 is 2.65 bits per heavy atom. The second-order valence-electron chi connectivity index (χ2n) is 7.81. The van der Waals surface area contributed by atoms with Crippen LogP contribution >= 0.6 is 0 Å². The molecule has 2 heterocycles. The molecule has 3 fully saturated rings. The molecule has 0 spiro atoms. The molecule has 3 rings (SSSR count). The van der Waals surface area contributed by atoms with Gasteiger partial charge in [0.15, 0.2) is 0 Å². The smallest absolute Gasteiger partial charge is 0.321 e. The summed E-state index contributed by atoms with van der Waals surface area (Å²) in [5.41, 5.74) is 0. The molecule has 146 valence electrons. The molecule has 4 amide bonds. The van der Waals surface area contributed by atoms with Crippen molar-refractivity contribution in [2.75, 3.05) is 26.2 Å². The van der Waals surface area contributed by atoms with Crippen molar-refractivity contribution < 1.29 is 14.4 Å². The fourth-order valence-corrected chi connectivity index (χ4v) is 3.72. The zero-order valence-electron chi connectivity index (χ0n) is 15.6. The number of imide groups is 1. The number of likely N-dealkylation sites (tertiary alicyclic amines) is 1. The first-order valence-electron chi connectivity index (χ1n) is 9.89. The number of urea groups is 1. The van der Waals surface area contributed by atoms with Crippen molar-refractivity contribution in [2.24, 2.45) is 5.92 Å². The number of carbonyl (C=O) groups excluding carboxylic acids is 3. The number of rotatable bonds is 6. The van der Waals surface area contributed by atoms with Gasteiger partial charge in [-0.1, -0.05) is 0 Å². The van der Waals surface area contributed by atoms with Gasteiger partial charge in [-0.15, -0.1) is 0 Å². The first kappa shape index (κ1) is 19.1. The van der Waals surface area contributed by atoms with Crippen LogP contribution in [-0.2, 0) is 9.59 Å². The summed E-state index contributed by atoms with van der Waals surface area (Å²) in [5, 5.41) is 11.5. The van der Waals surface area contributed by atoms with Crippen molar-refractivity contribution in [1.29, 1.82) is 0 Å². The maximum atomic E-state index is 12.3. The third-order valence-corrected chi connectivity index (χ3v) is 5.57. The summed E-state index contributed by atoms with van der Waals surface area (Å²) in [6.07, 6.45) is 5.98. The van der Waals surface area contributed by atoms with Gasteiger partial charge in [0.2, 0.25) is 11.8 Å². The van der Waals surface area contributed by atoms with E-state index in [1.807, 2.05) is 6.92 Å². The van der Waals surface area contributed by atoms with Crippen LogP contribution in [0.1, 0.15) is 45.4 Å². The highest BCUT2D eigenvalue weighted by Crippen LogP contribution is 2.19. The SMILES string of the molecule is CC(C(=O)NC(=O)NC1CC1)N1CCCC(CNC(=O)C2CCCN2)C1. The average molecular weight is 365 g/mol. The number of hydrogen-bond donors (Lipinski definition) is 4. The second-order valence-corrected chi connectivity index (χ2v) is 7.81. The van der Waals surface area contributed by atoms with Gasteiger partial charge in [0.05, 0.1) is 12.1 Å². The monoisotopic (exact) mass is 365 g/mol. The van der Waals surface area contributed by atoms with E-state index in [1.54, 1.807) is 0 Å². The fourth-order valence-electron chi connectivity index (χ4n) is 3.72. The van der Waals surface area contributed by atoms with Crippen LogP contribution in [0.4, 0.5) is 4.79 Å². The Hall–Kier alpha value is -1.67. The third kappa shape index (κ3) is 5.41. The van der Waals surface area contributed by atoms with Crippen molar-refractivity contribution in [3.8, 4) is 0 Å².